The quantitative estimate of drug-likeness (QED) is 0.704. The van der Waals surface area contributed by atoms with E-state index in [0.717, 1.165) is 5.56 Å². The topological polar surface area (TPSA) is 43.6 Å². The summed E-state index contributed by atoms with van der Waals surface area (Å²) in [7, 11) is 0. The van der Waals surface area contributed by atoms with Crippen molar-refractivity contribution in [2.75, 3.05) is 0 Å². The first kappa shape index (κ1) is 9.43. The molecule has 2 rings (SSSR count). The number of hydrogen-bond acceptors (Lipinski definition) is 3. The summed E-state index contributed by atoms with van der Waals surface area (Å²) in [6, 6.07) is 0. The molecule has 2 heterocycles. The van der Waals surface area contributed by atoms with Crippen molar-refractivity contribution in [1.82, 2.24) is 19.7 Å². The summed E-state index contributed by atoms with van der Waals surface area (Å²) in [6.45, 7) is 1.83. The molecule has 0 atom stereocenters. The second kappa shape index (κ2) is 3.55. The molecule has 14 heavy (non-hydrogen) atoms. The highest BCUT2D eigenvalue weighted by Gasteiger charge is 2.07. The molecule has 0 radical (unpaired) electrons. The molecular weight excluding hydrogens is 223 g/mol. The molecule has 0 aliphatic rings. The van der Waals surface area contributed by atoms with Gasteiger partial charge in [0.2, 0.25) is 0 Å². The van der Waals surface area contributed by atoms with E-state index in [4.69, 9.17) is 23.2 Å². The van der Waals surface area contributed by atoms with Gasteiger partial charge in [-0.3, -0.25) is 0 Å². The molecule has 0 aliphatic carbocycles. The number of rotatable bonds is 1. The Balaban J connectivity index is 2.57. The van der Waals surface area contributed by atoms with Crippen LogP contribution in [0.1, 0.15) is 5.56 Å². The highest BCUT2D eigenvalue weighted by Crippen LogP contribution is 2.18. The van der Waals surface area contributed by atoms with E-state index in [-0.39, 0.29) is 0 Å². The Hall–Kier alpha value is -1.13. The Kier molecular flexibility index (Phi) is 2.39. The summed E-state index contributed by atoms with van der Waals surface area (Å²) in [4.78, 5) is 7.92. The average Bonchev–Trinajstić information content (AvgIpc) is 2.57. The fourth-order valence-electron chi connectivity index (χ4n) is 1.07. The van der Waals surface area contributed by atoms with Crippen molar-refractivity contribution < 1.29 is 0 Å². The summed E-state index contributed by atoms with van der Waals surface area (Å²) in [6.07, 6.45) is 4.59. The lowest BCUT2D eigenvalue weighted by atomic mass is 10.3. The molecule has 0 spiro atoms. The molecule has 2 aromatic heterocycles. The van der Waals surface area contributed by atoms with Crippen molar-refractivity contribution >= 4 is 23.2 Å². The molecular formula is C8H6Cl2N4. The Morgan fingerprint density at radius 1 is 1.29 bits per heavy atom. The summed E-state index contributed by atoms with van der Waals surface area (Å²) < 4.78 is 1.56. The third-order valence-corrected chi connectivity index (χ3v) is 2.34. The maximum absolute atomic E-state index is 5.85. The Labute approximate surface area is 90.5 Å². The van der Waals surface area contributed by atoms with Crippen LogP contribution in [0.25, 0.3) is 5.82 Å². The van der Waals surface area contributed by atoms with E-state index in [1.54, 1.807) is 10.9 Å². The monoisotopic (exact) mass is 228 g/mol. The molecule has 0 saturated carbocycles. The summed E-state index contributed by atoms with van der Waals surface area (Å²) in [5.74, 6) is 0.636. The van der Waals surface area contributed by atoms with Crippen molar-refractivity contribution in [2.24, 2.45) is 0 Å². The van der Waals surface area contributed by atoms with Gasteiger partial charge in [-0.05, 0) is 6.92 Å². The highest BCUT2D eigenvalue weighted by atomic mass is 35.5. The number of hydrogen-bond donors (Lipinski definition) is 0. The van der Waals surface area contributed by atoms with Gasteiger partial charge in [0.05, 0.1) is 17.4 Å². The van der Waals surface area contributed by atoms with Gasteiger partial charge in [-0.2, -0.15) is 5.10 Å². The van der Waals surface area contributed by atoms with Gasteiger partial charge in [-0.1, -0.05) is 23.2 Å². The molecule has 0 N–H and O–H groups in total. The number of nitrogens with zero attached hydrogens (tertiary/aromatic N) is 4. The highest BCUT2D eigenvalue weighted by molar-refractivity contribution is 6.30. The second-order valence-corrected chi connectivity index (χ2v) is 3.51. The van der Waals surface area contributed by atoms with Gasteiger partial charge >= 0.3 is 0 Å². The maximum atomic E-state index is 5.85. The summed E-state index contributed by atoms with van der Waals surface area (Å²) in [5, 5.41) is 5.00. The number of halogens is 2. The Bertz CT molecular complexity index is 466. The van der Waals surface area contributed by atoms with Crippen LogP contribution < -0.4 is 0 Å². The molecule has 4 nitrogen and oxygen atoms in total. The van der Waals surface area contributed by atoms with Crippen molar-refractivity contribution in [3.8, 4) is 5.82 Å². The van der Waals surface area contributed by atoms with Gasteiger partial charge in [-0.25, -0.2) is 14.6 Å². The van der Waals surface area contributed by atoms with Crippen LogP contribution >= 0.6 is 23.2 Å². The molecule has 0 aliphatic heterocycles. The van der Waals surface area contributed by atoms with Gasteiger partial charge in [0.25, 0.3) is 0 Å². The molecule has 0 unspecified atom stereocenters. The fraction of sp³-hybridized carbons (Fsp3) is 0.125. The summed E-state index contributed by atoms with van der Waals surface area (Å²) >= 11 is 11.6. The molecule has 6 heteroatoms. The molecule has 0 bridgehead atoms. The second-order valence-electron chi connectivity index (χ2n) is 2.72. The minimum absolute atomic E-state index is 0.418. The van der Waals surface area contributed by atoms with E-state index in [1.165, 1.54) is 12.5 Å². The van der Waals surface area contributed by atoms with E-state index in [1.807, 2.05) is 6.92 Å². The minimum Gasteiger partial charge on any atom is -0.224 e. The smallest absolute Gasteiger partial charge is 0.161 e. The van der Waals surface area contributed by atoms with Crippen molar-refractivity contribution in [1.29, 1.82) is 0 Å². The first-order chi connectivity index (χ1) is 6.68. The van der Waals surface area contributed by atoms with Gasteiger partial charge in [0, 0.05) is 5.56 Å². The van der Waals surface area contributed by atoms with E-state index in [9.17, 15) is 0 Å². The third kappa shape index (κ3) is 1.58. The van der Waals surface area contributed by atoms with E-state index < -0.39 is 0 Å². The lowest BCUT2D eigenvalue weighted by Gasteiger charge is -2.03. The molecule has 0 amide bonds. The Morgan fingerprint density at radius 2 is 2.07 bits per heavy atom. The molecule has 72 valence electrons. The van der Waals surface area contributed by atoms with Crippen LogP contribution in [-0.2, 0) is 0 Å². The van der Waals surface area contributed by atoms with Gasteiger partial charge in [0.15, 0.2) is 5.82 Å². The summed E-state index contributed by atoms with van der Waals surface area (Å²) in [5.41, 5.74) is 0.772. The van der Waals surface area contributed by atoms with E-state index in [0.29, 0.717) is 16.0 Å². The molecule has 0 aromatic carbocycles. The van der Waals surface area contributed by atoms with Crippen molar-refractivity contribution in [3.63, 3.8) is 0 Å². The zero-order valence-electron chi connectivity index (χ0n) is 7.28. The van der Waals surface area contributed by atoms with E-state index >= 15 is 0 Å². The lowest BCUT2D eigenvalue weighted by molar-refractivity contribution is 0.829. The largest absolute Gasteiger partial charge is 0.224 e. The van der Waals surface area contributed by atoms with Crippen molar-refractivity contribution in [3.05, 3.63) is 34.5 Å². The zero-order valence-corrected chi connectivity index (χ0v) is 8.79. The van der Waals surface area contributed by atoms with Crippen LogP contribution in [0.5, 0.6) is 0 Å². The Morgan fingerprint density at radius 3 is 2.71 bits per heavy atom. The van der Waals surface area contributed by atoms with Crippen LogP contribution in [0.2, 0.25) is 10.2 Å². The van der Waals surface area contributed by atoms with Gasteiger partial charge in [-0.15, -0.1) is 0 Å². The molecule has 0 fully saturated rings. The molecule has 0 saturated heterocycles. The van der Waals surface area contributed by atoms with Crippen LogP contribution in [0.3, 0.4) is 0 Å². The van der Waals surface area contributed by atoms with Crippen molar-refractivity contribution in [2.45, 2.75) is 6.92 Å². The predicted octanol–water partition coefficient (Wildman–Crippen LogP) is 2.28. The lowest BCUT2D eigenvalue weighted by Crippen LogP contribution is -2.02. The average molecular weight is 229 g/mol. The number of aromatic nitrogens is 4. The van der Waals surface area contributed by atoms with Crippen LogP contribution in [-0.4, -0.2) is 19.7 Å². The van der Waals surface area contributed by atoms with Gasteiger partial charge in [0.1, 0.15) is 11.5 Å². The third-order valence-electron chi connectivity index (χ3n) is 1.76. The first-order valence-electron chi connectivity index (χ1n) is 3.86. The van der Waals surface area contributed by atoms with Crippen LogP contribution in [0.15, 0.2) is 18.7 Å². The van der Waals surface area contributed by atoms with E-state index in [2.05, 4.69) is 15.1 Å². The predicted molar refractivity (Wildman–Crippen MR) is 53.9 cm³/mol. The normalized spacial score (nSPS) is 10.5. The SMILES string of the molecule is Cc1c(Cl)ncnc1-n1cc(Cl)cn1. The fourth-order valence-corrected chi connectivity index (χ4v) is 1.33. The minimum atomic E-state index is 0.418. The maximum Gasteiger partial charge on any atom is 0.161 e. The van der Waals surface area contributed by atoms with Gasteiger partial charge < -0.3 is 0 Å². The van der Waals surface area contributed by atoms with Crippen LogP contribution in [0.4, 0.5) is 0 Å². The zero-order chi connectivity index (χ0) is 10.1. The molecule has 2 aromatic rings. The van der Waals surface area contributed by atoms with Crippen LogP contribution in [0, 0.1) is 6.92 Å². The standard InChI is InChI=1S/C8H6Cl2N4/c1-5-7(10)11-4-12-8(5)14-3-6(9)2-13-14/h2-4H,1H3. The first-order valence-corrected chi connectivity index (χ1v) is 4.61.